The van der Waals surface area contributed by atoms with Gasteiger partial charge in [0.1, 0.15) is 5.15 Å². The number of benzene rings is 1. The molecule has 0 spiro atoms. The lowest BCUT2D eigenvalue weighted by Crippen LogP contribution is -2.15. The van der Waals surface area contributed by atoms with E-state index in [1.807, 2.05) is 24.3 Å². The summed E-state index contributed by atoms with van der Waals surface area (Å²) in [6.45, 7) is 0. The minimum atomic E-state index is -0.861. The van der Waals surface area contributed by atoms with Crippen LogP contribution in [0.3, 0.4) is 0 Å². The summed E-state index contributed by atoms with van der Waals surface area (Å²) in [5, 5.41) is 9.78. The van der Waals surface area contributed by atoms with Crippen LogP contribution in [0.1, 0.15) is 17.0 Å². The van der Waals surface area contributed by atoms with Crippen molar-refractivity contribution in [2.75, 3.05) is 0 Å². The van der Waals surface area contributed by atoms with Gasteiger partial charge in [-0.05, 0) is 35.7 Å². The minimum absolute atomic E-state index is 0.369. The largest absolute Gasteiger partial charge is 0.481 e. The van der Waals surface area contributed by atoms with E-state index in [1.165, 1.54) is 0 Å². The van der Waals surface area contributed by atoms with Crippen LogP contribution >= 0.6 is 27.5 Å². The molecule has 0 aliphatic rings. The molecular formula is C14H11BrClNO2. The first-order valence-electron chi connectivity index (χ1n) is 5.65. The normalized spacial score (nSPS) is 12.1. The summed E-state index contributed by atoms with van der Waals surface area (Å²) in [5.74, 6) is -1.48. The number of hydrogen-bond donors (Lipinski definition) is 1. The summed E-state index contributed by atoms with van der Waals surface area (Å²) in [6.07, 6.45) is 1.96. The Morgan fingerprint density at radius 3 is 2.74 bits per heavy atom. The van der Waals surface area contributed by atoms with Gasteiger partial charge in [0.15, 0.2) is 0 Å². The van der Waals surface area contributed by atoms with Gasteiger partial charge in [-0.15, -0.1) is 0 Å². The van der Waals surface area contributed by atoms with Gasteiger partial charge in [0.2, 0.25) is 0 Å². The third-order valence-corrected chi connectivity index (χ3v) is 3.74. The van der Waals surface area contributed by atoms with E-state index in [2.05, 4.69) is 20.9 Å². The average molecular weight is 341 g/mol. The van der Waals surface area contributed by atoms with E-state index in [0.29, 0.717) is 11.6 Å². The van der Waals surface area contributed by atoms with E-state index >= 15 is 0 Å². The first kappa shape index (κ1) is 14.0. The molecule has 1 unspecified atom stereocenters. The number of halogens is 2. The fourth-order valence-electron chi connectivity index (χ4n) is 1.89. The Labute approximate surface area is 124 Å². The van der Waals surface area contributed by atoms with Crippen molar-refractivity contribution in [2.24, 2.45) is 0 Å². The molecule has 2 aromatic rings. The average Bonchev–Trinajstić information content (AvgIpc) is 2.37. The maximum absolute atomic E-state index is 11.5. The van der Waals surface area contributed by atoms with E-state index < -0.39 is 11.9 Å². The first-order valence-corrected chi connectivity index (χ1v) is 6.82. The molecule has 0 aliphatic heterocycles. The second-order valence-electron chi connectivity index (χ2n) is 4.10. The van der Waals surface area contributed by atoms with Gasteiger partial charge in [-0.1, -0.05) is 45.7 Å². The van der Waals surface area contributed by atoms with E-state index in [0.717, 1.165) is 15.6 Å². The Morgan fingerprint density at radius 1 is 1.37 bits per heavy atom. The maximum atomic E-state index is 11.5. The van der Waals surface area contributed by atoms with Crippen molar-refractivity contribution >= 4 is 33.5 Å². The zero-order valence-electron chi connectivity index (χ0n) is 9.88. The second-order valence-corrected chi connectivity index (χ2v) is 5.34. The Balaban J connectivity index is 2.32. The van der Waals surface area contributed by atoms with Crippen LogP contribution in [0.25, 0.3) is 0 Å². The van der Waals surface area contributed by atoms with Crippen molar-refractivity contribution in [3.05, 3.63) is 63.3 Å². The van der Waals surface area contributed by atoms with Crippen LogP contribution in [0.5, 0.6) is 0 Å². The van der Waals surface area contributed by atoms with Crippen LogP contribution < -0.4 is 0 Å². The highest BCUT2D eigenvalue weighted by Crippen LogP contribution is 2.28. The van der Waals surface area contributed by atoms with E-state index in [1.54, 1.807) is 18.3 Å². The first-order chi connectivity index (χ1) is 9.08. The number of pyridine rings is 1. The zero-order chi connectivity index (χ0) is 13.8. The minimum Gasteiger partial charge on any atom is -0.481 e. The molecule has 19 heavy (non-hydrogen) atoms. The van der Waals surface area contributed by atoms with Gasteiger partial charge in [-0.3, -0.25) is 4.79 Å². The van der Waals surface area contributed by atoms with Crippen molar-refractivity contribution < 1.29 is 9.90 Å². The summed E-state index contributed by atoms with van der Waals surface area (Å²) < 4.78 is 0.794. The van der Waals surface area contributed by atoms with Crippen LogP contribution in [-0.2, 0) is 11.2 Å². The molecule has 3 nitrogen and oxygen atoms in total. The van der Waals surface area contributed by atoms with Gasteiger partial charge in [-0.2, -0.15) is 0 Å². The highest BCUT2D eigenvalue weighted by Gasteiger charge is 2.22. The maximum Gasteiger partial charge on any atom is 0.311 e. The van der Waals surface area contributed by atoms with Crippen LogP contribution in [0.15, 0.2) is 47.1 Å². The van der Waals surface area contributed by atoms with E-state index in [4.69, 9.17) is 11.6 Å². The Morgan fingerprint density at radius 2 is 2.11 bits per heavy atom. The van der Waals surface area contributed by atoms with E-state index in [9.17, 15) is 9.90 Å². The monoisotopic (exact) mass is 339 g/mol. The van der Waals surface area contributed by atoms with Crippen LogP contribution in [-0.4, -0.2) is 16.1 Å². The number of aromatic nitrogens is 1. The van der Waals surface area contributed by atoms with Crippen molar-refractivity contribution in [1.29, 1.82) is 0 Å². The molecule has 0 aliphatic carbocycles. The number of nitrogens with zero attached hydrogens (tertiary/aromatic N) is 1. The standard InChI is InChI=1S/C14H11BrClNO2/c15-12-4-2-1-3-10(12)11(14(18)19)7-9-5-6-17-13(16)8-9/h1-6,8,11H,7H2,(H,18,19). The van der Waals surface area contributed by atoms with Crippen LogP contribution in [0.2, 0.25) is 5.15 Å². The van der Waals surface area contributed by atoms with Crippen molar-refractivity contribution in [2.45, 2.75) is 12.3 Å². The Hall–Kier alpha value is -1.39. The molecule has 0 saturated carbocycles. The summed E-state index contributed by atoms with van der Waals surface area (Å²) in [7, 11) is 0. The molecule has 0 amide bonds. The molecule has 5 heteroatoms. The number of carboxylic acids is 1. The summed E-state index contributed by atoms with van der Waals surface area (Å²) in [5.41, 5.74) is 1.60. The van der Waals surface area contributed by atoms with Gasteiger partial charge < -0.3 is 5.11 Å². The van der Waals surface area contributed by atoms with Gasteiger partial charge in [-0.25, -0.2) is 4.98 Å². The quantitative estimate of drug-likeness (QED) is 0.859. The predicted molar refractivity (Wildman–Crippen MR) is 77.5 cm³/mol. The molecule has 98 valence electrons. The smallest absolute Gasteiger partial charge is 0.311 e. The highest BCUT2D eigenvalue weighted by molar-refractivity contribution is 9.10. The number of rotatable bonds is 4. The molecule has 1 aromatic heterocycles. The molecule has 1 N–H and O–H groups in total. The van der Waals surface area contributed by atoms with Gasteiger partial charge >= 0.3 is 5.97 Å². The number of carbonyl (C=O) groups is 1. The van der Waals surface area contributed by atoms with E-state index in [-0.39, 0.29) is 0 Å². The summed E-state index contributed by atoms with van der Waals surface area (Å²) >= 11 is 9.21. The third-order valence-electron chi connectivity index (χ3n) is 2.81. The van der Waals surface area contributed by atoms with Crippen molar-refractivity contribution in [3.63, 3.8) is 0 Å². The van der Waals surface area contributed by atoms with Gasteiger partial charge in [0.05, 0.1) is 5.92 Å². The lowest BCUT2D eigenvalue weighted by Gasteiger charge is -2.14. The fourth-order valence-corrected chi connectivity index (χ4v) is 2.65. The molecule has 1 aromatic carbocycles. The Kier molecular flexibility index (Phi) is 4.56. The Bertz CT molecular complexity index is 604. The molecule has 1 heterocycles. The fraction of sp³-hybridized carbons (Fsp3) is 0.143. The third kappa shape index (κ3) is 3.55. The second kappa shape index (κ2) is 6.17. The lowest BCUT2D eigenvalue weighted by atomic mass is 9.92. The molecular weight excluding hydrogens is 330 g/mol. The summed E-state index contributed by atoms with van der Waals surface area (Å²) in [4.78, 5) is 15.4. The molecule has 0 fully saturated rings. The van der Waals surface area contributed by atoms with Crippen LogP contribution in [0.4, 0.5) is 0 Å². The SMILES string of the molecule is O=C(O)C(Cc1ccnc(Cl)c1)c1ccccc1Br. The molecule has 2 rings (SSSR count). The topological polar surface area (TPSA) is 50.2 Å². The van der Waals surface area contributed by atoms with Gasteiger partial charge in [0, 0.05) is 10.7 Å². The zero-order valence-corrected chi connectivity index (χ0v) is 12.2. The molecule has 1 atom stereocenters. The van der Waals surface area contributed by atoms with Crippen molar-refractivity contribution in [1.82, 2.24) is 4.98 Å². The number of hydrogen-bond acceptors (Lipinski definition) is 2. The number of aliphatic carboxylic acids is 1. The van der Waals surface area contributed by atoms with Gasteiger partial charge in [0.25, 0.3) is 0 Å². The highest BCUT2D eigenvalue weighted by atomic mass is 79.9. The predicted octanol–water partition coefficient (Wildman–Crippen LogP) is 3.91. The van der Waals surface area contributed by atoms with Crippen LogP contribution in [0, 0.1) is 0 Å². The number of carboxylic acid groups (broad SMARTS) is 1. The van der Waals surface area contributed by atoms with Crippen molar-refractivity contribution in [3.8, 4) is 0 Å². The summed E-state index contributed by atoms with van der Waals surface area (Å²) in [6, 6.07) is 10.8. The lowest BCUT2D eigenvalue weighted by molar-refractivity contribution is -0.138. The molecule has 0 saturated heterocycles. The molecule has 0 radical (unpaired) electrons. The molecule has 0 bridgehead atoms.